The molecule has 1 aromatic heterocycles. The summed E-state index contributed by atoms with van der Waals surface area (Å²) in [4.78, 5) is 2.59. The summed E-state index contributed by atoms with van der Waals surface area (Å²) in [5, 5.41) is 7.65. The van der Waals surface area contributed by atoms with Crippen LogP contribution in [0.4, 0.5) is 17.1 Å². The van der Waals surface area contributed by atoms with Crippen LogP contribution in [0, 0.1) is 47.3 Å². The molecular weight excluding hydrogens is 1340 g/mol. The maximum absolute atomic E-state index is 2.75. The minimum atomic E-state index is -0.00566. The molecule has 8 saturated carbocycles. The van der Waals surface area contributed by atoms with Crippen molar-refractivity contribution in [1.82, 2.24) is 4.57 Å². The second-order valence-electron chi connectivity index (χ2n) is 35.1. The van der Waals surface area contributed by atoms with Crippen LogP contribution in [-0.2, 0) is 17.3 Å². The Morgan fingerprint density at radius 2 is 0.712 bits per heavy atom. The number of rotatable bonds is 13. The molecule has 8 bridgehead atoms. The maximum atomic E-state index is 2.75. The first-order valence-electron chi connectivity index (χ1n) is 41.7. The molecule has 0 unspecified atom stereocenters. The highest BCUT2D eigenvalue weighted by Crippen LogP contribution is 2.72. The zero-order valence-corrected chi connectivity index (χ0v) is 62.8. The summed E-state index contributed by atoms with van der Waals surface area (Å²) in [5.74, 6) is 6.31. The number of benzene rings is 15. The molecule has 2 spiro atoms. The molecule has 10 aliphatic rings. The Bertz CT molecular complexity index is 6250. The van der Waals surface area contributed by atoms with Gasteiger partial charge in [0, 0.05) is 50.3 Å². The molecule has 0 aliphatic heterocycles. The molecular formula is C109H88N2. The van der Waals surface area contributed by atoms with Crippen LogP contribution in [0.1, 0.15) is 115 Å². The number of para-hydroxylation sites is 1. The van der Waals surface area contributed by atoms with E-state index in [1.54, 1.807) is 22.3 Å². The number of hydrogen-bond donors (Lipinski definition) is 0. The van der Waals surface area contributed by atoms with E-state index in [1.165, 1.54) is 208 Å². The van der Waals surface area contributed by atoms with Gasteiger partial charge in [0.15, 0.2) is 0 Å². The standard InChI is InChI=1S/C109H88N2/c1-2-13-73(14-3-1)76-39-42-91(43-40-76)110(93-44-49-99-96-21-8-10-23-102(96)108(105(99)66-93)87-53-69-51-70(55-87)56-88(108)54-69)94-45-50-101-100-22-9-11-24-106(100)111(107(101)67-94)92-20-12-19-83(64-92)86-41-48-98-97-47-26-68(61-103(97)109(104(98)65-86)89-57-71-52-72(59-89)60-90(109)58-71)25-46-95(79-33-27-77(28-34-79)84-37-31-74-15-4-6-17-81(74)62-84)80-35-29-78(30-36-80)85-38-32-75-16-5-7-18-82(75)63-85/h1-24,26-45,47-50,61-67,69-72,87-90,95H,25,46,51-60H2. The summed E-state index contributed by atoms with van der Waals surface area (Å²) < 4.78 is 2.58. The molecule has 0 atom stereocenters. The fourth-order valence-corrected chi connectivity index (χ4v) is 25.3. The van der Waals surface area contributed by atoms with Gasteiger partial charge in [-0.25, -0.2) is 0 Å². The molecule has 2 heteroatoms. The van der Waals surface area contributed by atoms with E-state index in [4.69, 9.17) is 0 Å². The minimum Gasteiger partial charge on any atom is -0.310 e. The molecule has 15 aromatic carbocycles. The third-order valence-corrected chi connectivity index (χ3v) is 29.6. The first-order valence-corrected chi connectivity index (χ1v) is 41.7. The lowest BCUT2D eigenvalue weighted by Gasteiger charge is -2.61. The maximum Gasteiger partial charge on any atom is 0.0561 e. The van der Waals surface area contributed by atoms with Gasteiger partial charge in [-0.15, -0.1) is 0 Å². The van der Waals surface area contributed by atoms with Gasteiger partial charge in [0.05, 0.1) is 11.0 Å². The van der Waals surface area contributed by atoms with Gasteiger partial charge in [0.25, 0.3) is 0 Å². The van der Waals surface area contributed by atoms with Crippen LogP contribution >= 0.6 is 0 Å². The molecule has 8 fully saturated rings. The average molecular weight is 1430 g/mol. The Hall–Kier alpha value is -11.6. The van der Waals surface area contributed by atoms with Crippen LogP contribution in [-0.4, -0.2) is 4.57 Å². The van der Waals surface area contributed by atoms with Crippen molar-refractivity contribution < 1.29 is 0 Å². The first kappa shape index (κ1) is 64.3. The first-order chi connectivity index (χ1) is 54.9. The highest BCUT2D eigenvalue weighted by Gasteiger charge is 2.63. The number of anilines is 3. The van der Waals surface area contributed by atoms with Crippen LogP contribution in [0.15, 0.2) is 334 Å². The Morgan fingerprint density at radius 1 is 0.279 bits per heavy atom. The van der Waals surface area contributed by atoms with Crippen molar-refractivity contribution in [2.24, 2.45) is 47.3 Å². The van der Waals surface area contributed by atoms with Gasteiger partial charge in [-0.05, 0) is 324 Å². The van der Waals surface area contributed by atoms with Crippen LogP contribution in [0.5, 0.6) is 0 Å². The van der Waals surface area contributed by atoms with E-state index < -0.39 is 0 Å². The zero-order chi connectivity index (χ0) is 72.6. The summed E-state index contributed by atoms with van der Waals surface area (Å²) in [5.41, 5.74) is 33.8. The van der Waals surface area contributed by atoms with Crippen molar-refractivity contribution in [2.45, 2.75) is 93.8 Å². The quantitative estimate of drug-likeness (QED) is 0.112. The second-order valence-corrected chi connectivity index (χ2v) is 35.1. The van der Waals surface area contributed by atoms with E-state index in [2.05, 4.69) is 343 Å². The predicted molar refractivity (Wildman–Crippen MR) is 462 cm³/mol. The van der Waals surface area contributed by atoms with Gasteiger partial charge in [-0.1, -0.05) is 261 Å². The fourth-order valence-electron chi connectivity index (χ4n) is 25.3. The molecule has 0 saturated heterocycles. The van der Waals surface area contributed by atoms with Gasteiger partial charge in [-0.2, -0.15) is 0 Å². The Balaban J connectivity index is 0.592. The van der Waals surface area contributed by atoms with Gasteiger partial charge >= 0.3 is 0 Å². The fraction of sp³-hybridized carbons (Fsp3) is 0.211. The summed E-state index contributed by atoms with van der Waals surface area (Å²) in [7, 11) is 0. The number of nitrogens with zero attached hydrogens (tertiary/aromatic N) is 2. The molecule has 26 rings (SSSR count). The summed E-state index contributed by atoms with van der Waals surface area (Å²) >= 11 is 0. The highest BCUT2D eigenvalue weighted by atomic mass is 15.1. The van der Waals surface area contributed by atoms with Crippen molar-refractivity contribution in [3.8, 4) is 72.4 Å². The number of hydrogen-bond acceptors (Lipinski definition) is 1. The third-order valence-electron chi connectivity index (χ3n) is 29.6. The van der Waals surface area contributed by atoms with E-state index in [0.717, 1.165) is 42.2 Å². The molecule has 16 aromatic rings. The normalized spacial score (nSPS) is 23.2. The monoisotopic (exact) mass is 1420 g/mol. The van der Waals surface area contributed by atoms with E-state index >= 15 is 0 Å². The lowest BCUT2D eigenvalue weighted by Crippen LogP contribution is -2.55. The molecule has 534 valence electrons. The minimum absolute atomic E-state index is 0.00566. The molecule has 10 aliphatic carbocycles. The summed E-state index contributed by atoms with van der Waals surface area (Å²) in [6, 6.07) is 130. The lowest BCUT2D eigenvalue weighted by molar-refractivity contribution is -0.0399. The van der Waals surface area contributed by atoms with Gasteiger partial charge < -0.3 is 9.47 Å². The summed E-state index contributed by atoms with van der Waals surface area (Å²) in [6.45, 7) is 0. The molecule has 2 nitrogen and oxygen atoms in total. The van der Waals surface area contributed by atoms with Gasteiger partial charge in [0.1, 0.15) is 0 Å². The molecule has 0 N–H and O–H groups in total. The largest absolute Gasteiger partial charge is 0.310 e. The van der Waals surface area contributed by atoms with Crippen molar-refractivity contribution in [1.29, 1.82) is 0 Å². The zero-order valence-electron chi connectivity index (χ0n) is 62.8. The van der Waals surface area contributed by atoms with E-state index in [-0.39, 0.29) is 16.7 Å². The lowest BCUT2D eigenvalue weighted by atomic mass is 9.43. The van der Waals surface area contributed by atoms with Crippen LogP contribution in [0.25, 0.3) is 116 Å². The van der Waals surface area contributed by atoms with Crippen molar-refractivity contribution in [3.05, 3.63) is 373 Å². The number of aryl methyl sites for hydroxylation is 1. The highest BCUT2D eigenvalue weighted by molar-refractivity contribution is 6.11. The van der Waals surface area contributed by atoms with Crippen molar-refractivity contribution in [3.63, 3.8) is 0 Å². The second kappa shape index (κ2) is 25.0. The Morgan fingerprint density at radius 3 is 1.36 bits per heavy atom. The molecule has 0 radical (unpaired) electrons. The Kier molecular flexibility index (Phi) is 14.5. The van der Waals surface area contributed by atoms with Gasteiger partial charge in [0.2, 0.25) is 0 Å². The number of fused-ring (bicyclic) bond motifs is 11. The average Bonchev–Trinajstić information content (AvgIpc) is 1.55. The predicted octanol–water partition coefficient (Wildman–Crippen LogP) is 28.4. The van der Waals surface area contributed by atoms with E-state index in [0.29, 0.717) is 23.7 Å². The van der Waals surface area contributed by atoms with E-state index in [9.17, 15) is 0 Å². The van der Waals surface area contributed by atoms with Gasteiger partial charge in [-0.3, -0.25) is 0 Å². The number of aromatic nitrogens is 1. The Labute approximate surface area is 651 Å². The third kappa shape index (κ3) is 9.94. The van der Waals surface area contributed by atoms with Crippen LogP contribution < -0.4 is 4.90 Å². The van der Waals surface area contributed by atoms with Crippen molar-refractivity contribution in [2.75, 3.05) is 4.90 Å². The molecule has 111 heavy (non-hydrogen) atoms. The van der Waals surface area contributed by atoms with Crippen LogP contribution in [0.3, 0.4) is 0 Å². The topological polar surface area (TPSA) is 8.17 Å². The summed E-state index contributed by atoms with van der Waals surface area (Å²) in [6.07, 6.45) is 15.7. The smallest absolute Gasteiger partial charge is 0.0561 e. The van der Waals surface area contributed by atoms with E-state index in [1.807, 2.05) is 0 Å². The molecule has 0 amide bonds. The van der Waals surface area contributed by atoms with Crippen LogP contribution in [0.2, 0.25) is 0 Å². The van der Waals surface area contributed by atoms with Crippen molar-refractivity contribution >= 4 is 60.4 Å². The molecule has 1 heterocycles. The SMILES string of the molecule is c1ccc(-c2ccc(N(c3ccc4c(c3)C3(c5ccccc5-4)C4CC5CC(C4)CC3C5)c3ccc4c5ccccc5n(-c5cccc(-c6ccc7c(c6)C6(c8cc(CCC(c9ccc(-c%10ccc%11ccccc%11c%10)cc9)c9ccc(-c%10ccc%11ccccc%11c%10)cc9)ccc8-7)C7CC8CC(C7)CC6C8)c5)c4c3)cc2)cc1.